The van der Waals surface area contributed by atoms with Crippen molar-refractivity contribution in [1.82, 2.24) is 10.1 Å². The molecule has 0 aliphatic carbocycles. The molecule has 0 N–H and O–H groups in total. The molecule has 0 fully saturated rings. The Kier molecular flexibility index (Phi) is 1.56. The lowest BCUT2D eigenvalue weighted by Gasteiger charge is -1.95. The molecule has 0 unspecified atom stereocenters. The van der Waals surface area contributed by atoms with Gasteiger partial charge in [0.05, 0.1) is 11.0 Å². The van der Waals surface area contributed by atoms with Gasteiger partial charge in [0, 0.05) is 16.2 Å². The number of fused-ring (bicyclic) bond motifs is 5. The lowest BCUT2D eigenvalue weighted by molar-refractivity contribution is 0.412. The Labute approximate surface area is 96.7 Å². The number of nitrogens with zero attached hydrogens (tertiary/aromatic N) is 2. The molecular weight excluding hydrogens is 212 g/mol. The molecule has 3 nitrogen and oxygen atoms in total. The second kappa shape index (κ2) is 3.04. The first-order valence-corrected chi connectivity index (χ1v) is 5.45. The van der Waals surface area contributed by atoms with Crippen molar-refractivity contribution in [2.75, 3.05) is 0 Å². The van der Waals surface area contributed by atoms with Crippen molar-refractivity contribution in [3.05, 3.63) is 48.7 Å². The average Bonchev–Trinajstić information content (AvgIpc) is 2.78. The van der Waals surface area contributed by atoms with Crippen LogP contribution >= 0.6 is 0 Å². The Morgan fingerprint density at radius 1 is 0.765 bits per heavy atom. The summed E-state index contributed by atoms with van der Waals surface area (Å²) in [5.41, 5.74) is 2.85. The number of hydrogen-bond donors (Lipinski definition) is 0. The van der Waals surface area contributed by atoms with Crippen molar-refractivity contribution in [1.29, 1.82) is 0 Å². The summed E-state index contributed by atoms with van der Waals surface area (Å²) in [7, 11) is 0. The summed E-state index contributed by atoms with van der Waals surface area (Å²) in [4.78, 5) is 4.66. The van der Waals surface area contributed by atoms with Crippen molar-refractivity contribution in [2.45, 2.75) is 0 Å². The molecular formula is C14H8N2O. The molecule has 4 aromatic rings. The fourth-order valence-electron chi connectivity index (χ4n) is 2.28. The summed E-state index contributed by atoms with van der Waals surface area (Å²) >= 11 is 0. The monoisotopic (exact) mass is 220 g/mol. The lowest BCUT2D eigenvalue weighted by Crippen LogP contribution is -1.78. The maximum absolute atomic E-state index is 4.94. The number of rotatable bonds is 0. The van der Waals surface area contributed by atoms with Crippen molar-refractivity contribution in [3.63, 3.8) is 0 Å². The van der Waals surface area contributed by atoms with E-state index in [1.54, 1.807) is 6.26 Å². The van der Waals surface area contributed by atoms with Crippen LogP contribution in [0.15, 0.2) is 53.3 Å². The zero-order valence-corrected chi connectivity index (χ0v) is 8.92. The molecule has 0 radical (unpaired) electrons. The maximum Gasteiger partial charge on any atom is 0.122 e. The molecule has 0 saturated heterocycles. The summed E-state index contributed by atoms with van der Waals surface area (Å²) < 4.78 is 4.94. The maximum atomic E-state index is 4.94. The third kappa shape index (κ3) is 1.11. The molecule has 0 bridgehead atoms. The van der Waals surface area contributed by atoms with E-state index < -0.39 is 0 Å². The van der Waals surface area contributed by atoms with E-state index in [0.29, 0.717) is 0 Å². The first-order valence-electron chi connectivity index (χ1n) is 5.45. The van der Waals surface area contributed by atoms with E-state index in [1.807, 2.05) is 30.3 Å². The summed E-state index contributed by atoms with van der Waals surface area (Å²) in [5.74, 6) is 0. The van der Waals surface area contributed by atoms with Gasteiger partial charge in [-0.1, -0.05) is 23.4 Å². The summed E-state index contributed by atoms with van der Waals surface area (Å²) in [6.45, 7) is 0. The van der Waals surface area contributed by atoms with Gasteiger partial charge in [0.25, 0.3) is 0 Å². The van der Waals surface area contributed by atoms with Crippen molar-refractivity contribution >= 4 is 32.7 Å². The smallest absolute Gasteiger partial charge is 0.122 e. The van der Waals surface area contributed by atoms with Crippen LogP contribution in [0.2, 0.25) is 0 Å². The van der Waals surface area contributed by atoms with E-state index in [1.165, 1.54) is 10.8 Å². The van der Waals surface area contributed by atoms with Crippen LogP contribution in [0.4, 0.5) is 0 Å². The zero-order valence-electron chi connectivity index (χ0n) is 8.92. The number of hydrogen-bond acceptors (Lipinski definition) is 3. The number of aromatic nitrogens is 2. The van der Waals surface area contributed by atoms with Gasteiger partial charge in [-0.05, 0) is 24.3 Å². The highest BCUT2D eigenvalue weighted by Gasteiger charge is 2.08. The molecule has 17 heavy (non-hydrogen) atoms. The van der Waals surface area contributed by atoms with E-state index in [4.69, 9.17) is 4.52 Å². The SMILES string of the molecule is c1ccc2c(c1)nc1c3cconc3ccc21. The number of benzene rings is 2. The Bertz CT molecular complexity index is 848. The summed E-state index contributed by atoms with van der Waals surface area (Å²) in [6.07, 6.45) is 1.58. The molecule has 80 valence electrons. The van der Waals surface area contributed by atoms with E-state index in [0.717, 1.165) is 21.9 Å². The first-order chi connectivity index (χ1) is 8.43. The Morgan fingerprint density at radius 3 is 2.71 bits per heavy atom. The standard InChI is InChI=1S/C14H8N2O/c1-2-4-12-9(3-1)10-5-6-13-11(14(10)15-12)7-8-17-16-13/h1-8H. The molecule has 0 aliphatic heterocycles. The third-order valence-electron chi connectivity index (χ3n) is 3.07. The Hall–Kier alpha value is -2.42. The predicted octanol–water partition coefficient (Wildman–Crippen LogP) is 3.53. The van der Waals surface area contributed by atoms with Gasteiger partial charge in [-0.3, -0.25) is 0 Å². The minimum Gasteiger partial charge on any atom is -0.364 e. The molecule has 0 spiro atoms. The van der Waals surface area contributed by atoms with E-state index in [2.05, 4.69) is 22.3 Å². The van der Waals surface area contributed by atoms with Crippen LogP contribution in [0.5, 0.6) is 0 Å². The van der Waals surface area contributed by atoms with Gasteiger partial charge in [-0.15, -0.1) is 0 Å². The van der Waals surface area contributed by atoms with E-state index in [9.17, 15) is 0 Å². The van der Waals surface area contributed by atoms with Gasteiger partial charge >= 0.3 is 0 Å². The van der Waals surface area contributed by atoms with Crippen molar-refractivity contribution in [2.24, 2.45) is 0 Å². The normalized spacial score (nSPS) is 11.5. The molecule has 2 aromatic heterocycles. The second-order valence-corrected chi connectivity index (χ2v) is 4.02. The van der Waals surface area contributed by atoms with Crippen LogP contribution in [-0.2, 0) is 0 Å². The molecule has 2 aromatic carbocycles. The highest BCUT2D eigenvalue weighted by molar-refractivity contribution is 6.16. The second-order valence-electron chi connectivity index (χ2n) is 4.02. The fraction of sp³-hybridized carbons (Fsp3) is 0. The molecule has 2 heterocycles. The highest BCUT2D eigenvalue weighted by Crippen LogP contribution is 2.29. The van der Waals surface area contributed by atoms with Gasteiger partial charge in [0.15, 0.2) is 0 Å². The quantitative estimate of drug-likeness (QED) is 0.455. The molecule has 4 rings (SSSR count). The summed E-state index contributed by atoms with van der Waals surface area (Å²) in [5, 5.41) is 7.37. The Balaban J connectivity index is 2.34. The molecule has 3 heteroatoms. The topological polar surface area (TPSA) is 38.9 Å². The van der Waals surface area contributed by atoms with Crippen LogP contribution in [0.25, 0.3) is 32.7 Å². The lowest BCUT2D eigenvalue weighted by atomic mass is 10.1. The minimum absolute atomic E-state index is 0.836. The highest BCUT2D eigenvalue weighted by atomic mass is 16.4. The molecule has 0 atom stereocenters. The van der Waals surface area contributed by atoms with Gasteiger partial charge < -0.3 is 4.52 Å². The van der Waals surface area contributed by atoms with Crippen LogP contribution in [0, 0.1) is 0 Å². The zero-order chi connectivity index (χ0) is 11.2. The van der Waals surface area contributed by atoms with Crippen LogP contribution in [0.1, 0.15) is 0 Å². The van der Waals surface area contributed by atoms with Crippen molar-refractivity contribution < 1.29 is 4.52 Å². The van der Waals surface area contributed by atoms with Crippen LogP contribution in [-0.4, -0.2) is 10.1 Å². The Morgan fingerprint density at radius 2 is 1.71 bits per heavy atom. The van der Waals surface area contributed by atoms with Gasteiger partial charge in [-0.25, -0.2) is 4.98 Å². The van der Waals surface area contributed by atoms with Gasteiger partial charge in [0.1, 0.15) is 11.8 Å². The first kappa shape index (κ1) is 8.70. The predicted molar refractivity (Wildman–Crippen MR) is 66.8 cm³/mol. The van der Waals surface area contributed by atoms with Gasteiger partial charge in [-0.2, -0.15) is 0 Å². The van der Waals surface area contributed by atoms with E-state index >= 15 is 0 Å². The molecule has 0 saturated carbocycles. The minimum atomic E-state index is 0.836. The van der Waals surface area contributed by atoms with E-state index in [-0.39, 0.29) is 0 Å². The van der Waals surface area contributed by atoms with Crippen molar-refractivity contribution in [3.8, 4) is 0 Å². The molecule has 0 aliphatic rings. The third-order valence-corrected chi connectivity index (χ3v) is 3.07. The number of para-hydroxylation sites is 1. The average molecular weight is 220 g/mol. The van der Waals surface area contributed by atoms with Crippen LogP contribution < -0.4 is 0 Å². The molecule has 0 amide bonds. The largest absolute Gasteiger partial charge is 0.364 e. The van der Waals surface area contributed by atoms with Crippen LogP contribution in [0.3, 0.4) is 0 Å². The van der Waals surface area contributed by atoms with Gasteiger partial charge in [0.2, 0.25) is 0 Å². The summed E-state index contributed by atoms with van der Waals surface area (Å²) in [6, 6.07) is 14.1. The fourth-order valence-corrected chi connectivity index (χ4v) is 2.28.